The van der Waals surface area contributed by atoms with E-state index in [0.29, 0.717) is 22.6 Å². The molecule has 0 saturated heterocycles. The van der Waals surface area contributed by atoms with Gasteiger partial charge in [0.25, 0.3) is 0 Å². The first-order valence-corrected chi connectivity index (χ1v) is 13.5. The molecule has 0 bridgehead atoms. The van der Waals surface area contributed by atoms with E-state index in [1.165, 1.54) is 38.5 Å². The van der Waals surface area contributed by atoms with E-state index in [1.54, 1.807) is 6.07 Å². The highest BCUT2D eigenvalue weighted by atomic mass is 127. The lowest BCUT2D eigenvalue weighted by Gasteiger charge is -2.22. The quantitative estimate of drug-likeness (QED) is 0.118. The van der Waals surface area contributed by atoms with Crippen LogP contribution in [0.1, 0.15) is 64.9 Å². The zero-order chi connectivity index (χ0) is 25.3. The van der Waals surface area contributed by atoms with Gasteiger partial charge in [0.1, 0.15) is 11.2 Å². The molecule has 1 aromatic carbocycles. The van der Waals surface area contributed by atoms with E-state index in [4.69, 9.17) is 9.40 Å². The first-order chi connectivity index (χ1) is 17.6. The van der Waals surface area contributed by atoms with Crippen molar-refractivity contribution in [3.8, 4) is 11.5 Å². The van der Waals surface area contributed by atoms with Gasteiger partial charge in [-0.15, -0.1) is 24.0 Å². The first kappa shape index (κ1) is 29.0. The number of hydrogen-bond donors (Lipinski definition) is 0. The van der Waals surface area contributed by atoms with Gasteiger partial charge in [-0.05, 0) is 56.3 Å². The van der Waals surface area contributed by atoms with Crippen LogP contribution in [-0.2, 0) is 0 Å². The molecule has 0 radical (unpaired) electrons. The number of fused-ring (bicyclic) bond motifs is 2. The van der Waals surface area contributed by atoms with E-state index >= 15 is 0 Å². The molecule has 1 aromatic rings. The maximum atomic E-state index is 12.8. The SMILES string of the molecule is CCCCCCCCN1C=CC(/C=C/c2cc3nc4ccc(N(CC)CC)cc4oc-3cc2=O)=CC1.I. The Balaban J connectivity index is 0.00000380. The van der Waals surface area contributed by atoms with Gasteiger partial charge in [0.2, 0.25) is 0 Å². The van der Waals surface area contributed by atoms with Crippen LogP contribution in [0.3, 0.4) is 0 Å². The number of unbranched alkanes of at least 4 members (excludes halogenated alkanes) is 5. The van der Waals surface area contributed by atoms with Crippen LogP contribution in [0, 0.1) is 0 Å². The minimum absolute atomic E-state index is 0. The fourth-order valence-corrected chi connectivity index (χ4v) is 4.69. The number of benzene rings is 2. The third-order valence-electron chi connectivity index (χ3n) is 6.92. The Kier molecular flexibility index (Phi) is 11.2. The molecule has 0 unspecified atom stereocenters. The molecule has 2 aliphatic heterocycles. The van der Waals surface area contributed by atoms with Gasteiger partial charge in [-0.1, -0.05) is 57.3 Å². The molecule has 0 amide bonds. The third-order valence-corrected chi connectivity index (χ3v) is 6.92. The zero-order valence-electron chi connectivity index (χ0n) is 22.4. The predicted octanol–water partition coefficient (Wildman–Crippen LogP) is 7.89. The molecule has 1 aliphatic carbocycles. The Morgan fingerprint density at radius 3 is 2.51 bits per heavy atom. The number of halogens is 1. The number of rotatable bonds is 12. The zero-order valence-corrected chi connectivity index (χ0v) is 24.7. The topological polar surface area (TPSA) is 49.6 Å². The summed E-state index contributed by atoms with van der Waals surface area (Å²) in [7, 11) is 0. The highest BCUT2D eigenvalue weighted by Crippen LogP contribution is 2.28. The summed E-state index contributed by atoms with van der Waals surface area (Å²) in [6.07, 6.45) is 18.3. The van der Waals surface area contributed by atoms with Gasteiger partial charge >= 0.3 is 0 Å². The number of hydrogen-bond acceptors (Lipinski definition) is 5. The average molecular weight is 614 g/mol. The highest BCUT2D eigenvalue weighted by Gasteiger charge is 2.13. The Labute approximate surface area is 238 Å². The highest BCUT2D eigenvalue weighted by molar-refractivity contribution is 14.0. The second-order valence-electron chi connectivity index (χ2n) is 9.51. The average Bonchev–Trinajstić information content (AvgIpc) is 2.90. The molecule has 4 rings (SSSR count). The third kappa shape index (κ3) is 7.69. The summed E-state index contributed by atoms with van der Waals surface area (Å²) in [4.78, 5) is 22.2. The molecular weight excluding hydrogens is 573 g/mol. The van der Waals surface area contributed by atoms with E-state index in [0.717, 1.165) is 43.0 Å². The molecule has 3 aliphatic rings. The molecule has 0 fully saturated rings. The number of nitrogens with zero attached hydrogens (tertiary/aromatic N) is 3. The lowest BCUT2D eigenvalue weighted by atomic mass is 10.1. The smallest absolute Gasteiger partial charge is 0.189 e. The molecule has 5 nitrogen and oxygen atoms in total. The van der Waals surface area contributed by atoms with E-state index in [-0.39, 0.29) is 29.4 Å². The van der Waals surface area contributed by atoms with Gasteiger partial charge in [-0.2, -0.15) is 0 Å². The molecule has 0 aromatic heterocycles. The summed E-state index contributed by atoms with van der Waals surface area (Å²) >= 11 is 0. The predicted molar refractivity (Wildman–Crippen MR) is 167 cm³/mol. The van der Waals surface area contributed by atoms with Crippen LogP contribution in [-0.4, -0.2) is 36.1 Å². The van der Waals surface area contributed by atoms with Crippen LogP contribution in [0.2, 0.25) is 0 Å². The summed E-state index contributed by atoms with van der Waals surface area (Å²) in [5, 5.41) is 0. The van der Waals surface area contributed by atoms with Crippen molar-refractivity contribution in [3.05, 3.63) is 76.1 Å². The Morgan fingerprint density at radius 2 is 1.78 bits per heavy atom. The van der Waals surface area contributed by atoms with Crippen molar-refractivity contribution < 1.29 is 4.42 Å². The van der Waals surface area contributed by atoms with Crippen molar-refractivity contribution in [1.82, 2.24) is 9.88 Å². The van der Waals surface area contributed by atoms with Crippen LogP contribution in [0.5, 0.6) is 0 Å². The van der Waals surface area contributed by atoms with Crippen molar-refractivity contribution in [2.75, 3.05) is 31.1 Å². The molecule has 198 valence electrons. The van der Waals surface area contributed by atoms with Gasteiger partial charge in [0.05, 0.1) is 0 Å². The minimum atomic E-state index is -0.0614. The largest absolute Gasteiger partial charge is 0.453 e. The van der Waals surface area contributed by atoms with Gasteiger partial charge in [0.15, 0.2) is 16.8 Å². The van der Waals surface area contributed by atoms with Crippen molar-refractivity contribution in [2.45, 2.75) is 59.3 Å². The van der Waals surface area contributed by atoms with Crippen molar-refractivity contribution in [2.24, 2.45) is 0 Å². The normalized spacial score (nSPS) is 13.4. The molecular formula is C31H40IN3O2. The van der Waals surface area contributed by atoms with E-state index in [9.17, 15) is 4.79 Å². The number of aromatic nitrogens is 1. The second kappa shape index (κ2) is 14.4. The fourth-order valence-electron chi connectivity index (χ4n) is 4.69. The molecule has 2 heterocycles. The maximum absolute atomic E-state index is 12.8. The van der Waals surface area contributed by atoms with Crippen LogP contribution >= 0.6 is 24.0 Å². The van der Waals surface area contributed by atoms with Gasteiger partial charge in [0, 0.05) is 49.6 Å². The van der Waals surface area contributed by atoms with Crippen molar-refractivity contribution in [1.29, 1.82) is 0 Å². The van der Waals surface area contributed by atoms with Gasteiger partial charge in [-0.25, -0.2) is 4.98 Å². The summed E-state index contributed by atoms with van der Waals surface area (Å²) < 4.78 is 6.09. The lowest BCUT2D eigenvalue weighted by Crippen LogP contribution is -2.21. The second-order valence-corrected chi connectivity index (χ2v) is 9.51. The molecule has 0 atom stereocenters. The molecule has 0 spiro atoms. The fraction of sp³-hybridized carbons (Fsp3) is 0.419. The van der Waals surface area contributed by atoms with Crippen LogP contribution < -0.4 is 10.3 Å². The molecule has 6 heteroatoms. The Bertz CT molecular complexity index is 1270. The number of allylic oxidation sites excluding steroid dienone is 3. The molecule has 0 saturated carbocycles. The van der Waals surface area contributed by atoms with Gasteiger partial charge in [-0.3, -0.25) is 4.79 Å². The monoisotopic (exact) mass is 613 g/mol. The molecule has 37 heavy (non-hydrogen) atoms. The van der Waals surface area contributed by atoms with E-state index < -0.39 is 0 Å². The molecule has 0 N–H and O–H groups in total. The van der Waals surface area contributed by atoms with Crippen molar-refractivity contribution in [3.63, 3.8) is 0 Å². The first-order valence-electron chi connectivity index (χ1n) is 13.5. The van der Waals surface area contributed by atoms with E-state index in [2.05, 4.69) is 55.0 Å². The minimum Gasteiger partial charge on any atom is -0.453 e. The van der Waals surface area contributed by atoms with Crippen LogP contribution in [0.25, 0.3) is 28.6 Å². The standard InChI is InChI=1S/C31H39N3O2.HI/c1-4-7-8-9-10-11-18-33-19-16-24(17-20-33)12-13-25-21-28-31(23-29(25)35)36-30-22-26(34(5-2)6-3)14-15-27(30)32-28;/h12-17,19,21-23H,4-11,18,20H2,1-3H3;1H/b13-12+;. The lowest BCUT2D eigenvalue weighted by molar-refractivity contribution is 0.391. The summed E-state index contributed by atoms with van der Waals surface area (Å²) in [6.45, 7) is 10.4. The maximum Gasteiger partial charge on any atom is 0.189 e. The van der Waals surface area contributed by atoms with Crippen LogP contribution in [0.15, 0.2) is 69.5 Å². The van der Waals surface area contributed by atoms with Gasteiger partial charge < -0.3 is 14.2 Å². The summed E-state index contributed by atoms with van der Waals surface area (Å²) in [5.41, 5.74) is 4.94. The summed E-state index contributed by atoms with van der Waals surface area (Å²) in [5.74, 6) is 0.517. The van der Waals surface area contributed by atoms with Crippen molar-refractivity contribution >= 4 is 46.8 Å². The van der Waals surface area contributed by atoms with E-state index in [1.807, 2.05) is 30.4 Å². The number of anilines is 1. The Hall–Kier alpha value is -2.61. The van der Waals surface area contributed by atoms with Crippen LogP contribution in [0.4, 0.5) is 5.69 Å². The summed E-state index contributed by atoms with van der Waals surface area (Å²) in [6, 6.07) is 9.45. The Morgan fingerprint density at radius 1 is 1.00 bits per heavy atom.